The zero-order valence-corrected chi connectivity index (χ0v) is 23.2. The van der Waals surface area contributed by atoms with Crippen LogP contribution in [0, 0.1) is 0 Å². The molecule has 0 bridgehead atoms. The Kier molecular flexibility index (Phi) is 6.34. The molecule has 0 spiro atoms. The standard InChI is InChI=1S/C29H32ClN5O2S/c1-18-4-3-13-35(18)29(2)11-9-19-5-6-20(14-21(19)10-12-29)23-15-24-27(33-34-28(24)32-17-23)22-7-8-26(25(30)16-22)38(31,36)37/h5-8,14-18H,3-4,9-13H2,1-2H3,(H2,31,36,37)(H,32,33,34)/t18-,29?/m1/s1. The van der Waals surface area contributed by atoms with Gasteiger partial charge in [0.2, 0.25) is 10.0 Å². The number of nitrogens with one attached hydrogen (secondary N) is 1. The lowest BCUT2D eigenvalue weighted by atomic mass is 9.89. The molecule has 1 fully saturated rings. The van der Waals surface area contributed by atoms with Crippen molar-refractivity contribution in [3.8, 4) is 22.4 Å². The summed E-state index contributed by atoms with van der Waals surface area (Å²) < 4.78 is 23.5. The third-order valence-electron chi connectivity index (χ3n) is 8.58. The van der Waals surface area contributed by atoms with Crippen molar-refractivity contribution >= 4 is 32.7 Å². The van der Waals surface area contributed by atoms with Gasteiger partial charge >= 0.3 is 0 Å². The minimum absolute atomic E-state index is 0.0614. The van der Waals surface area contributed by atoms with E-state index in [-0.39, 0.29) is 15.5 Å². The molecule has 0 saturated carbocycles. The van der Waals surface area contributed by atoms with E-state index in [2.05, 4.69) is 58.2 Å². The first-order valence-corrected chi connectivity index (χ1v) is 15.1. The fraction of sp³-hybridized carbons (Fsp3) is 0.379. The topological polar surface area (TPSA) is 105 Å². The molecule has 4 aromatic rings. The van der Waals surface area contributed by atoms with Gasteiger partial charge in [-0.2, -0.15) is 5.10 Å². The molecule has 0 amide bonds. The van der Waals surface area contributed by atoms with Gasteiger partial charge < -0.3 is 0 Å². The summed E-state index contributed by atoms with van der Waals surface area (Å²) >= 11 is 6.24. The first-order chi connectivity index (χ1) is 18.1. The second-order valence-corrected chi connectivity index (χ2v) is 13.0. The maximum atomic E-state index is 11.8. The van der Waals surface area contributed by atoms with Crippen LogP contribution in [0.3, 0.4) is 0 Å². The predicted molar refractivity (Wildman–Crippen MR) is 152 cm³/mol. The smallest absolute Gasteiger partial charge is 0.239 e. The molecule has 1 saturated heterocycles. The lowest BCUT2D eigenvalue weighted by Crippen LogP contribution is -2.48. The highest BCUT2D eigenvalue weighted by Crippen LogP contribution is 2.38. The molecule has 2 aromatic heterocycles. The van der Waals surface area contributed by atoms with Gasteiger partial charge in [0.05, 0.1) is 5.02 Å². The first-order valence-electron chi connectivity index (χ1n) is 13.2. The minimum atomic E-state index is -3.90. The Hall–Kier alpha value is -2.78. The Morgan fingerprint density at radius 2 is 1.82 bits per heavy atom. The number of sulfonamides is 1. The maximum Gasteiger partial charge on any atom is 0.239 e. The second-order valence-electron chi connectivity index (χ2n) is 11.0. The Morgan fingerprint density at radius 3 is 2.53 bits per heavy atom. The number of pyridine rings is 1. The molecule has 1 aliphatic carbocycles. The molecule has 198 valence electrons. The fourth-order valence-corrected chi connectivity index (χ4v) is 7.49. The van der Waals surface area contributed by atoms with Crippen molar-refractivity contribution in [3.63, 3.8) is 0 Å². The molecule has 1 aliphatic heterocycles. The molecule has 6 rings (SSSR count). The van der Waals surface area contributed by atoms with Crippen LogP contribution >= 0.6 is 11.6 Å². The van der Waals surface area contributed by atoms with Crippen LogP contribution < -0.4 is 5.14 Å². The summed E-state index contributed by atoms with van der Waals surface area (Å²) in [5, 5.41) is 13.6. The van der Waals surface area contributed by atoms with E-state index in [1.54, 1.807) is 12.1 Å². The molecule has 2 atom stereocenters. The van der Waals surface area contributed by atoms with Crippen LogP contribution in [0.5, 0.6) is 0 Å². The lowest BCUT2D eigenvalue weighted by Gasteiger charge is -2.41. The van der Waals surface area contributed by atoms with Crippen molar-refractivity contribution in [1.29, 1.82) is 0 Å². The first kappa shape index (κ1) is 25.5. The summed E-state index contributed by atoms with van der Waals surface area (Å²) in [7, 11) is -3.90. The Labute approximate surface area is 228 Å². The van der Waals surface area contributed by atoms with Gasteiger partial charge in [-0.1, -0.05) is 35.9 Å². The maximum absolute atomic E-state index is 11.8. The number of aromatic amines is 1. The number of benzene rings is 2. The number of hydrogen-bond donors (Lipinski definition) is 2. The third-order valence-corrected chi connectivity index (χ3v) is 9.97. The van der Waals surface area contributed by atoms with Gasteiger partial charge in [0.1, 0.15) is 10.6 Å². The highest BCUT2D eigenvalue weighted by atomic mass is 35.5. The highest BCUT2D eigenvalue weighted by Gasteiger charge is 2.38. The average Bonchev–Trinajstić information content (AvgIpc) is 3.47. The summed E-state index contributed by atoms with van der Waals surface area (Å²) in [6, 6.07) is 14.2. The van der Waals surface area contributed by atoms with Crippen LogP contribution in [0.1, 0.15) is 50.7 Å². The SMILES string of the molecule is C[C@@H]1CCCN1C1(C)CCc2ccc(-c3cnc4[nH]nc(-c5ccc(S(N)(=O)=O)c(Cl)c5)c4c3)cc2CC1. The number of primary sulfonamides is 1. The van der Waals surface area contributed by atoms with Crippen LogP contribution in [0.15, 0.2) is 53.6 Å². The molecule has 1 unspecified atom stereocenters. The van der Waals surface area contributed by atoms with E-state index in [0.717, 1.165) is 29.4 Å². The van der Waals surface area contributed by atoms with Gasteiger partial charge in [0.15, 0.2) is 5.65 Å². The van der Waals surface area contributed by atoms with Crippen molar-refractivity contribution in [1.82, 2.24) is 20.1 Å². The second kappa shape index (κ2) is 9.45. The monoisotopic (exact) mass is 549 g/mol. The van der Waals surface area contributed by atoms with Gasteiger partial charge in [-0.05, 0) is 93.8 Å². The number of rotatable bonds is 4. The summed E-state index contributed by atoms with van der Waals surface area (Å²) in [5.74, 6) is 0. The molecule has 0 radical (unpaired) electrons. The van der Waals surface area contributed by atoms with Crippen LogP contribution in [0.25, 0.3) is 33.4 Å². The van der Waals surface area contributed by atoms with E-state index < -0.39 is 10.0 Å². The zero-order valence-electron chi connectivity index (χ0n) is 21.7. The molecular formula is C29H32ClN5O2S. The molecular weight excluding hydrogens is 518 g/mol. The van der Waals surface area contributed by atoms with Crippen molar-refractivity contribution < 1.29 is 8.42 Å². The van der Waals surface area contributed by atoms with Crippen LogP contribution in [0.2, 0.25) is 5.02 Å². The number of H-pyrrole nitrogens is 1. The van der Waals surface area contributed by atoms with Gasteiger partial charge in [-0.15, -0.1) is 0 Å². The van der Waals surface area contributed by atoms with Crippen LogP contribution in [-0.2, 0) is 22.9 Å². The van der Waals surface area contributed by atoms with Crippen molar-refractivity contribution in [3.05, 3.63) is 64.8 Å². The van der Waals surface area contributed by atoms with Gasteiger partial charge in [-0.3, -0.25) is 10.00 Å². The van der Waals surface area contributed by atoms with E-state index in [1.165, 1.54) is 49.4 Å². The van der Waals surface area contributed by atoms with E-state index >= 15 is 0 Å². The summed E-state index contributed by atoms with van der Waals surface area (Å²) in [6.45, 7) is 6.06. The predicted octanol–water partition coefficient (Wildman–Crippen LogP) is 5.71. The van der Waals surface area contributed by atoms with Crippen molar-refractivity contribution in [2.24, 2.45) is 5.14 Å². The molecule has 2 aromatic carbocycles. The lowest BCUT2D eigenvalue weighted by molar-refractivity contribution is 0.0821. The summed E-state index contributed by atoms with van der Waals surface area (Å²) in [4.78, 5) is 7.26. The quantitative estimate of drug-likeness (QED) is 0.317. The number of aromatic nitrogens is 3. The largest absolute Gasteiger partial charge is 0.295 e. The normalized spacial score (nSPS) is 22.5. The molecule has 3 heterocycles. The van der Waals surface area contributed by atoms with Gasteiger partial charge in [0.25, 0.3) is 0 Å². The van der Waals surface area contributed by atoms with E-state index in [1.807, 2.05) is 6.20 Å². The van der Waals surface area contributed by atoms with Crippen LogP contribution in [-0.4, -0.2) is 46.6 Å². The van der Waals surface area contributed by atoms with Gasteiger partial charge in [-0.25, -0.2) is 18.5 Å². The van der Waals surface area contributed by atoms with E-state index in [4.69, 9.17) is 16.7 Å². The van der Waals surface area contributed by atoms with Crippen molar-refractivity contribution in [2.75, 3.05) is 6.54 Å². The Bertz CT molecular complexity index is 1650. The third kappa shape index (κ3) is 4.53. The zero-order chi connectivity index (χ0) is 26.7. The number of fused-ring (bicyclic) bond motifs is 2. The van der Waals surface area contributed by atoms with Gasteiger partial charge in [0, 0.05) is 34.3 Å². The number of halogens is 1. The average molecular weight is 550 g/mol. The molecule has 3 N–H and O–H groups in total. The number of likely N-dealkylation sites (tertiary alicyclic amines) is 1. The Morgan fingerprint density at radius 1 is 1.05 bits per heavy atom. The van der Waals surface area contributed by atoms with E-state index in [9.17, 15) is 8.42 Å². The Balaban J connectivity index is 1.32. The summed E-state index contributed by atoms with van der Waals surface area (Å²) in [5.41, 5.74) is 7.26. The minimum Gasteiger partial charge on any atom is -0.295 e. The molecule has 9 heteroatoms. The number of aryl methyl sites for hydroxylation is 2. The van der Waals surface area contributed by atoms with E-state index in [0.29, 0.717) is 22.9 Å². The molecule has 7 nitrogen and oxygen atoms in total. The fourth-order valence-electron chi connectivity index (χ4n) is 6.40. The number of nitrogens with two attached hydrogens (primary N) is 1. The van der Waals surface area contributed by atoms with Crippen molar-refractivity contribution in [2.45, 2.75) is 68.8 Å². The molecule has 38 heavy (non-hydrogen) atoms. The highest BCUT2D eigenvalue weighted by molar-refractivity contribution is 7.89. The number of nitrogens with zero attached hydrogens (tertiary/aromatic N) is 3. The van der Waals surface area contributed by atoms with Crippen LogP contribution in [0.4, 0.5) is 0 Å². The summed E-state index contributed by atoms with van der Waals surface area (Å²) in [6.07, 6.45) is 9.03. The molecule has 2 aliphatic rings. The number of hydrogen-bond acceptors (Lipinski definition) is 5.